The van der Waals surface area contributed by atoms with Gasteiger partial charge >= 0.3 is 0 Å². The van der Waals surface area contributed by atoms with Crippen molar-refractivity contribution < 1.29 is 19.1 Å². The molecule has 0 aliphatic heterocycles. The van der Waals surface area contributed by atoms with Gasteiger partial charge in [-0.1, -0.05) is 0 Å². The van der Waals surface area contributed by atoms with E-state index in [1.54, 1.807) is 0 Å². The van der Waals surface area contributed by atoms with E-state index in [1.807, 2.05) is 0 Å². The lowest BCUT2D eigenvalue weighted by molar-refractivity contribution is -0.132. The summed E-state index contributed by atoms with van der Waals surface area (Å²) < 4.78 is 4.66. The Balaban J connectivity index is 2.61. The summed E-state index contributed by atoms with van der Waals surface area (Å²) in [6, 6.07) is -0.776. The molecule has 17 heavy (non-hydrogen) atoms. The summed E-state index contributed by atoms with van der Waals surface area (Å²) in [6.45, 7) is -0.121. The number of ether oxygens (including phenoxy) is 1. The van der Waals surface area contributed by atoms with E-state index in [1.165, 1.54) is 7.11 Å². The molecule has 0 spiro atoms. The van der Waals surface area contributed by atoms with Crippen LogP contribution in [0.4, 0.5) is 0 Å². The van der Waals surface area contributed by atoms with Crippen LogP contribution < -0.4 is 11.1 Å². The highest BCUT2D eigenvalue weighted by molar-refractivity contribution is 5.88. The Bertz CT molecular complexity index is 317. The molecule has 96 valence electrons. The minimum Gasteiger partial charge on any atom is -0.375 e. The zero-order chi connectivity index (χ0) is 12.8. The molecule has 1 rings (SSSR count). The van der Waals surface area contributed by atoms with E-state index in [4.69, 9.17) is 5.73 Å². The van der Waals surface area contributed by atoms with Crippen molar-refractivity contribution in [1.29, 1.82) is 0 Å². The summed E-state index contributed by atoms with van der Waals surface area (Å²) in [5.41, 5.74) is 5.25. The average Bonchev–Trinajstić information content (AvgIpc) is 2.26. The number of methoxy groups -OCH3 is 1. The second-order valence-corrected chi connectivity index (χ2v) is 4.28. The second kappa shape index (κ2) is 6.34. The topological polar surface area (TPSA) is 98.5 Å². The Morgan fingerprint density at radius 1 is 1.59 bits per heavy atom. The fourth-order valence-electron chi connectivity index (χ4n) is 2.11. The van der Waals surface area contributed by atoms with Crippen LogP contribution in [0.15, 0.2) is 0 Å². The van der Waals surface area contributed by atoms with Gasteiger partial charge in [-0.25, -0.2) is 0 Å². The number of nitrogens with two attached hydrogens (primary N) is 1. The first-order valence-corrected chi connectivity index (χ1v) is 5.64. The van der Waals surface area contributed by atoms with E-state index in [0.717, 1.165) is 12.8 Å². The van der Waals surface area contributed by atoms with Crippen LogP contribution in [0.3, 0.4) is 0 Å². The smallest absolute Gasteiger partial charge is 0.246 e. The Hall–Kier alpha value is -1.43. The quantitative estimate of drug-likeness (QED) is 0.670. The lowest BCUT2D eigenvalue weighted by atomic mass is 9.83. The van der Waals surface area contributed by atoms with Gasteiger partial charge < -0.3 is 15.8 Å². The molecule has 0 unspecified atom stereocenters. The van der Waals surface area contributed by atoms with Gasteiger partial charge in [-0.3, -0.25) is 14.4 Å². The van der Waals surface area contributed by atoms with Gasteiger partial charge in [-0.05, 0) is 18.8 Å². The van der Waals surface area contributed by atoms with Crippen molar-refractivity contribution in [2.24, 2.45) is 11.7 Å². The number of carbonyl (C=O) groups excluding carboxylic acids is 3. The van der Waals surface area contributed by atoms with Gasteiger partial charge in [0.1, 0.15) is 18.4 Å². The predicted molar refractivity (Wildman–Crippen MR) is 60.0 cm³/mol. The van der Waals surface area contributed by atoms with Gasteiger partial charge in [-0.2, -0.15) is 0 Å². The van der Waals surface area contributed by atoms with Crippen molar-refractivity contribution in [3.63, 3.8) is 0 Å². The van der Waals surface area contributed by atoms with E-state index in [0.29, 0.717) is 12.8 Å². The van der Waals surface area contributed by atoms with Crippen LogP contribution in [0.2, 0.25) is 0 Å². The minimum atomic E-state index is -0.776. The van der Waals surface area contributed by atoms with Crippen LogP contribution in [0.1, 0.15) is 25.7 Å². The number of Topliss-reactive ketones (excluding diaryl/α,β-unsaturated/α-hetero) is 1. The van der Waals surface area contributed by atoms with Crippen LogP contribution in [-0.2, 0) is 19.1 Å². The van der Waals surface area contributed by atoms with E-state index in [9.17, 15) is 14.4 Å². The molecule has 0 aromatic rings. The standard InChI is InChI=1S/C11H18N2O4/c1-17-6-9(15)13-10(11(12)16)7-3-2-4-8(14)5-7/h7,10H,2-6H2,1H3,(H2,12,16)(H,13,15)/t7-,10+/m1/s1. The third kappa shape index (κ3) is 4.14. The first-order chi connectivity index (χ1) is 8.04. The molecule has 3 N–H and O–H groups in total. The molecule has 0 heterocycles. The number of ketones is 1. The molecule has 1 fully saturated rings. The Morgan fingerprint density at radius 3 is 2.82 bits per heavy atom. The van der Waals surface area contributed by atoms with Gasteiger partial charge in [0.05, 0.1) is 0 Å². The van der Waals surface area contributed by atoms with Gasteiger partial charge in [0.25, 0.3) is 0 Å². The molecule has 6 nitrogen and oxygen atoms in total. The molecular weight excluding hydrogens is 224 g/mol. The third-order valence-electron chi connectivity index (χ3n) is 2.89. The summed E-state index contributed by atoms with van der Waals surface area (Å²) in [4.78, 5) is 34.0. The highest BCUT2D eigenvalue weighted by Crippen LogP contribution is 2.24. The summed E-state index contributed by atoms with van der Waals surface area (Å²) in [5.74, 6) is -1.06. The molecular formula is C11H18N2O4. The summed E-state index contributed by atoms with van der Waals surface area (Å²) in [7, 11) is 1.39. The van der Waals surface area contributed by atoms with Crippen molar-refractivity contribution in [3.05, 3.63) is 0 Å². The molecule has 2 amide bonds. The van der Waals surface area contributed by atoms with Crippen molar-refractivity contribution in [3.8, 4) is 0 Å². The molecule has 1 aliphatic carbocycles. The van der Waals surface area contributed by atoms with Crippen molar-refractivity contribution in [2.45, 2.75) is 31.7 Å². The maximum atomic E-state index is 11.4. The molecule has 0 bridgehead atoms. The first-order valence-electron chi connectivity index (χ1n) is 5.64. The summed E-state index contributed by atoms with van der Waals surface area (Å²) in [6.07, 6.45) is 2.33. The molecule has 1 saturated carbocycles. The molecule has 6 heteroatoms. The summed E-state index contributed by atoms with van der Waals surface area (Å²) in [5, 5.41) is 2.52. The molecule has 0 aromatic carbocycles. The average molecular weight is 242 g/mol. The van der Waals surface area contributed by atoms with E-state index in [-0.39, 0.29) is 18.3 Å². The maximum Gasteiger partial charge on any atom is 0.246 e. The van der Waals surface area contributed by atoms with Gasteiger partial charge in [-0.15, -0.1) is 0 Å². The molecule has 2 atom stereocenters. The van der Waals surface area contributed by atoms with Gasteiger partial charge in [0.2, 0.25) is 11.8 Å². The Morgan fingerprint density at radius 2 is 2.29 bits per heavy atom. The van der Waals surface area contributed by atoms with E-state index >= 15 is 0 Å². The number of nitrogens with one attached hydrogen (secondary N) is 1. The van der Waals surface area contributed by atoms with Crippen LogP contribution in [-0.4, -0.2) is 37.4 Å². The van der Waals surface area contributed by atoms with Gasteiger partial charge in [0.15, 0.2) is 0 Å². The van der Waals surface area contributed by atoms with Crippen molar-refractivity contribution in [1.82, 2.24) is 5.32 Å². The van der Waals surface area contributed by atoms with Crippen molar-refractivity contribution in [2.75, 3.05) is 13.7 Å². The number of rotatable bonds is 5. The lowest BCUT2D eigenvalue weighted by Crippen LogP contribution is -2.51. The lowest BCUT2D eigenvalue weighted by Gasteiger charge is -2.27. The van der Waals surface area contributed by atoms with Crippen LogP contribution in [0.25, 0.3) is 0 Å². The number of hydrogen-bond acceptors (Lipinski definition) is 4. The molecule has 1 aliphatic rings. The fourth-order valence-corrected chi connectivity index (χ4v) is 2.11. The highest BCUT2D eigenvalue weighted by Gasteiger charge is 2.31. The van der Waals surface area contributed by atoms with E-state index < -0.39 is 17.9 Å². The number of carbonyl (C=O) groups is 3. The highest BCUT2D eigenvalue weighted by atomic mass is 16.5. The largest absolute Gasteiger partial charge is 0.375 e. The first kappa shape index (κ1) is 13.6. The molecule has 0 saturated heterocycles. The van der Waals surface area contributed by atoms with Crippen LogP contribution >= 0.6 is 0 Å². The predicted octanol–water partition coefficient (Wildman–Crippen LogP) is -0.638. The number of amides is 2. The Labute approximate surface area is 99.9 Å². The fraction of sp³-hybridized carbons (Fsp3) is 0.727. The van der Waals surface area contributed by atoms with E-state index in [2.05, 4.69) is 10.1 Å². The maximum absolute atomic E-state index is 11.4. The van der Waals surface area contributed by atoms with Gasteiger partial charge in [0, 0.05) is 20.0 Å². The monoisotopic (exact) mass is 242 g/mol. The third-order valence-corrected chi connectivity index (χ3v) is 2.89. The Kier molecular flexibility index (Phi) is 5.09. The molecule has 0 aromatic heterocycles. The number of primary amides is 1. The minimum absolute atomic E-state index is 0.119. The van der Waals surface area contributed by atoms with Crippen molar-refractivity contribution >= 4 is 17.6 Å². The summed E-state index contributed by atoms with van der Waals surface area (Å²) >= 11 is 0. The van der Waals surface area contributed by atoms with Crippen LogP contribution in [0.5, 0.6) is 0 Å². The number of hydrogen-bond donors (Lipinski definition) is 2. The SMILES string of the molecule is COCC(=O)N[C@H](C(N)=O)[C@@H]1CCCC(=O)C1. The molecule has 0 radical (unpaired) electrons. The van der Waals surface area contributed by atoms with Crippen LogP contribution in [0, 0.1) is 5.92 Å². The second-order valence-electron chi connectivity index (χ2n) is 4.28. The normalized spacial score (nSPS) is 21.9. The zero-order valence-electron chi connectivity index (χ0n) is 9.90. The zero-order valence-corrected chi connectivity index (χ0v) is 9.90.